The number of hydrogen-bond donors (Lipinski definition) is 1. The average Bonchev–Trinajstić information content (AvgIpc) is 3.40. The molecule has 35 heavy (non-hydrogen) atoms. The molecule has 4 aromatic rings. The Morgan fingerprint density at radius 2 is 1.94 bits per heavy atom. The van der Waals surface area contributed by atoms with Crippen molar-refractivity contribution in [2.75, 3.05) is 19.6 Å². The van der Waals surface area contributed by atoms with E-state index in [9.17, 15) is 14.4 Å². The van der Waals surface area contributed by atoms with E-state index in [1.807, 2.05) is 58.0 Å². The van der Waals surface area contributed by atoms with E-state index >= 15 is 0 Å². The summed E-state index contributed by atoms with van der Waals surface area (Å²) in [5.74, 6) is -0.113. The monoisotopic (exact) mass is 491 g/mol. The zero-order valence-electron chi connectivity index (χ0n) is 19.2. The first-order valence-electron chi connectivity index (χ1n) is 11.8. The number of nitrogens with zero attached hydrogens (tertiary/aromatic N) is 4. The third-order valence-electron chi connectivity index (χ3n) is 6.39. The summed E-state index contributed by atoms with van der Waals surface area (Å²) >= 11 is 6.18. The Hall–Kier alpha value is -3.65. The Morgan fingerprint density at radius 3 is 2.74 bits per heavy atom. The summed E-state index contributed by atoms with van der Waals surface area (Å²) < 4.78 is 3.16. The molecule has 1 N–H and O–H groups in total. The quantitative estimate of drug-likeness (QED) is 0.383. The molecule has 1 saturated heterocycles. The van der Waals surface area contributed by atoms with Crippen molar-refractivity contribution < 1.29 is 9.59 Å². The number of nitrogens with one attached hydrogen (secondary N) is 1. The lowest BCUT2D eigenvalue weighted by molar-refractivity contribution is -0.127. The zero-order valence-corrected chi connectivity index (χ0v) is 20.0. The fraction of sp³-hybridized carbons (Fsp3) is 0.308. The first-order chi connectivity index (χ1) is 17.0. The van der Waals surface area contributed by atoms with Crippen molar-refractivity contribution in [1.82, 2.24) is 24.6 Å². The maximum absolute atomic E-state index is 13.5. The van der Waals surface area contributed by atoms with Crippen LogP contribution >= 0.6 is 11.6 Å². The van der Waals surface area contributed by atoms with Crippen LogP contribution in [0.4, 0.5) is 0 Å². The van der Waals surface area contributed by atoms with Gasteiger partial charge in [0.25, 0.3) is 5.56 Å². The number of rotatable bonds is 8. The third-order valence-corrected chi connectivity index (χ3v) is 6.63. The van der Waals surface area contributed by atoms with Gasteiger partial charge in [0, 0.05) is 53.9 Å². The highest BCUT2D eigenvalue weighted by atomic mass is 35.5. The molecule has 1 aliphatic heterocycles. The van der Waals surface area contributed by atoms with Crippen molar-refractivity contribution in [3.63, 3.8) is 0 Å². The van der Waals surface area contributed by atoms with Crippen LogP contribution in [0, 0.1) is 0 Å². The van der Waals surface area contributed by atoms with Crippen LogP contribution in [0.1, 0.15) is 24.8 Å². The van der Waals surface area contributed by atoms with Gasteiger partial charge >= 0.3 is 0 Å². The molecule has 0 bridgehead atoms. The lowest BCUT2D eigenvalue weighted by Gasteiger charge is -2.15. The second kappa shape index (κ2) is 9.92. The lowest BCUT2D eigenvalue weighted by atomic mass is 10.2. The van der Waals surface area contributed by atoms with Gasteiger partial charge in [0.15, 0.2) is 0 Å². The van der Waals surface area contributed by atoms with E-state index in [4.69, 9.17) is 11.6 Å². The van der Waals surface area contributed by atoms with Gasteiger partial charge in [0.2, 0.25) is 11.8 Å². The van der Waals surface area contributed by atoms with Gasteiger partial charge in [-0.2, -0.15) is 5.10 Å². The van der Waals surface area contributed by atoms with Gasteiger partial charge in [-0.3, -0.25) is 14.4 Å². The van der Waals surface area contributed by atoms with E-state index in [2.05, 4.69) is 10.4 Å². The molecular formula is C26H26ClN5O3. The van der Waals surface area contributed by atoms with E-state index < -0.39 is 0 Å². The molecule has 0 saturated carbocycles. The lowest BCUT2D eigenvalue weighted by Crippen LogP contribution is -2.35. The Kier molecular flexibility index (Phi) is 6.55. The highest BCUT2D eigenvalue weighted by Crippen LogP contribution is 2.27. The van der Waals surface area contributed by atoms with E-state index in [0.29, 0.717) is 43.0 Å². The van der Waals surface area contributed by atoms with Crippen molar-refractivity contribution in [3.05, 3.63) is 75.7 Å². The van der Waals surface area contributed by atoms with Crippen LogP contribution in [-0.4, -0.2) is 50.7 Å². The molecule has 0 aliphatic carbocycles. The van der Waals surface area contributed by atoms with Gasteiger partial charge in [0.1, 0.15) is 12.1 Å². The molecule has 0 spiro atoms. The molecule has 0 radical (unpaired) electrons. The predicted molar refractivity (Wildman–Crippen MR) is 135 cm³/mol. The van der Waals surface area contributed by atoms with Crippen molar-refractivity contribution in [2.24, 2.45) is 0 Å². The largest absolute Gasteiger partial charge is 0.354 e. The van der Waals surface area contributed by atoms with Gasteiger partial charge < -0.3 is 14.8 Å². The maximum atomic E-state index is 13.5. The molecule has 1 aliphatic rings. The fourth-order valence-corrected chi connectivity index (χ4v) is 4.93. The Labute approximate surface area is 207 Å². The second-order valence-corrected chi connectivity index (χ2v) is 9.23. The minimum Gasteiger partial charge on any atom is -0.354 e. The predicted octanol–water partition coefficient (Wildman–Crippen LogP) is 3.18. The number of carbonyl (C=O) groups is 2. The van der Waals surface area contributed by atoms with Crippen LogP contribution in [0.2, 0.25) is 5.02 Å². The first kappa shape index (κ1) is 23.1. The number of para-hydroxylation sites is 1. The molecule has 2 aromatic carbocycles. The summed E-state index contributed by atoms with van der Waals surface area (Å²) in [7, 11) is 0. The Balaban J connectivity index is 1.37. The highest BCUT2D eigenvalue weighted by Gasteiger charge is 2.20. The molecule has 2 aromatic heterocycles. The van der Waals surface area contributed by atoms with Crippen LogP contribution in [0.5, 0.6) is 0 Å². The number of benzene rings is 2. The van der Waals surface area contributed by atoms with Gasteiger partial charge in [0.05, 0.1) is 6.20 Å². The van der Waals surface area contributed by atoms with Gasteiger partial charge in [-0.15, -0.1) is 0 Å². The van der Waals surface area contributed by atoms with E-state index in [-0.39, 0.29) is 23.9 Å². The molecule has 3 heterocycles. The Morgan fingerprint density at radius 1 is 1.09 bits per heavy atom. The van der Waals surface area contributed by atoms with E-state index in [0.717, 1.165) is 34.8 Å². The number of likely N-dealkylation sites (tertiary alicyclic amines) is 1. The van der Waals surface area contributed by atoms with Crippen LogP contribution < -0.4 is 10.9 Å². The Bertz CT molecular complexity index is 1480. The highest BCUT2D eigenvalue weighted by molar-refractivity contribution is 6.30. The SMILES string of the molecule is O=C(Cn1ncc2c3ccccc3n(Cc3cccc(Cl)c3)c2c1=O)NCCCN1CCCC1=O. The number of amides is 2. The van der Waals surface area contributed by atoms with Gasteiger partial charge in [-0.05, 0) is 36.6 Å². The number of halogens is 1. The summed E-state index contributed by atoms with van der Waals surface area (Å²) in [6.45, 7) is 2.15. The second-order valence-electron chi connectivity index (χ2n) is 8.79. The van der Waals surface area contributed by atoms with Crippen molar-refractivity contribution in [3.8, 4) is 0 Å². The smallest absolute Gasteiger partial charge is 0.291 e. The molecule has 180 valence electrons. The molecular weight excluding hydrogens is 466 g/mol. The van der Waals surface area contributed by atoms with Gasteiger partial charge in [-0.1, -0.05) is 41.9 Å². The number of carbonyl (C=O) groups excluding carboxylic acids is 2. The molecule has 8 nitrogen and oxygen atoms in total. The van der Waals surface area contributed by atoms with E-state index in [1.54, 1.807) is 6.20 Å². The molecule has 9 heteroatoms. The summed E-state index contributed by atoms with van der Waals surface area (Å²) in [6, 6.07) is 15.4. The van der Waals surface area contributed by atoms with E-state index in [1.165, 1.54) is 4.68 Å². The summed E-state index contributed by atoms with van der Waals surface area (Å²) in [4.78, 5) is 39.5. The van der Waals surface area contributed by atoms with Crippen molar-refractivity contribution >= 4 is 45.2 Å². The number of fused-ring (bicyclic) bond motifs is 3. The van der Waals surface area contributed by atoms with Crippen molar-refractivity contribution in [1.29, 1.82) is 0 Å². The van der Waals surface area contributed by atoms with Crippen LogP contribution in [-0.2, 0) is 22.7 Å². The summed E-state index contributed by atoms with van der Waals surface area (Å²) in [5.41, 5.74) is 2.07. The minimum atomic E-state index is -0.321. The van der Waals surface area contributed by atoms with Crippen LogP contribution in [0.25, 0.3) is 21.8 Å². The molecule has 0 atom stereocenters. The third kappa shape index (κ3) is 4.79. The maximum Gasteiger partial charge on any atom is 0.291 e. The molecule has 1 fully saturated rings. The number of hydrogen-bond acceptors (Lipinski definition) is 4. The molecule has 5 rings (SSSR count). The number of aromatic nitrogens is 3. The van der Waals surface area contributed by atoms with Gasteiger partial charge in [-0.25, -0.2) is 4.68 Å². The zero-order chi connectivity index (χ0) is 24.4. The van der Waals surface area contributed by atoms with Crippen molar-refractivity contribution in [2.45, 2.75) is 32.4 Å². The summed E-state index contributed by atoms with van der Waals surface area (Å²) in [6.07, 6.45) is 3.83. The average molecular weight is 492 g/mol. The van der Waals surface area contributed by atoms with Crippen LogP contribution in [0.3, 0.4) is 0 Å². The van der Waals surface area contributed by atoms with Crippen LogP contribution in [0.15, 0.2) is 59.5 Å². The molecule has 0 unspecified atom stereocenters. The minimum absolute atomic E-state index is 0.171. The normalized spacial score (nSPS) is 13.7. The summed E-state index contributed by atoms with van der Waals surface area (Å²) in [5, 5.41) is 9.44. The fourth-order valence-electron chi connectivity index (χ4n) is 4.72. The molecule has 2 amide bonds. The first-order valence-corrected chi connectivity index (χ1v) is 12.1. The standard InChI is InChI=1S/C26H26ClN5O3/c27-19-7-3-6-18(14-19)16-31-22-9-2-1-8-20(22)21-15-29-32(26(35)25(21)31)17-23(33)28-11-5-13-30-12-4-10-24(30)34/h1-3,6-9,14-15H,4-5,10-13,16-17H2,(H,28,33). The topological polar surface area (TPSA) is 89.2 Å².